The number of amides is 2. The minimum absolute atomic E-state index is 0.0821. The first-order valence-electron chi connectivity index (χ1n) is 6.38. The average molecular weight is 261 g/mol. The van der Waals surface area contributed by atoms with E-state index in [2.05, 4.69) is 5.32 Å². The number of likely N-dealkylation sites (N-methyl/N-ethyl adjacent to an activating group) is 1. The molecule has 1 aromatic carbocycles. The first-order chi connectivity index (χ1) is 8.97. The molecule has 5 nitrogen and oxygen atoms in total. The fourth-order valence-electron chi connectivity index (χ4n) is 1.82. The maximum Gasteiger partial charge on any atom is 0.254 e. The highest BCUT2D eigenvalue weighted by atomic mass is 16.2. The van der Waals surface area contributed by atoms with Crippen LogP contribution in [-0.2, 0) is 4.79 Å². The van der Waals surface area contributed by atoms with Crippen LogP contribution >= 0.6 is 0 Å². The second kappa shape index (κ2) is 5.30. The number of aryl methyl sites for hydroxylation is 1. The predicted octanol–water partition coefficient (Wildman–Crippen LogP) is 0.928. The van der Waals surface area contributed by atoms with Gasteiger partial charge in [0.15, 0.2) is 0 Å². The zero-order valence-electron chi connectivity index (χ0n) is 11.3. The lowest BCUT2D eigenvalue weighted by Gasteiger charge is -2.17. The molecule has 0 heterocycles. The van der Waals surface area contributed by atoms with Crippen molar-refractivity contribution in [3.05, 3.63) is 29.3 Å². The summed E-state index contributed by atoms with van der Waals surface area (Å²) in [6.07, 6.45) is 2.08. The molecule has 2 amide bonds. The van der Waals surface area contributed by atoms with Crippen LogP contribution in [0.5, 0.6) is 0 Å². The lowest BCUT2D eigenvalue weighted by Crippen LogP contribution is -2.39. The molecule has 0 spiro atoms. The van der Waals surface area contributed by atoms with Crippen LogP contribution in [0.3, 0.4) is 0 Å². The summed E-state index contributed by atoms with van der Waals surface area (Å²) in [5.41, 5.74) is 7.79. The van der Waals surface area contributed by atoms with Crippen molar-refractivity contribution < 1.29 is 9.59 Å². The standard InChI is InChI=1S/C14H19N3O2/c1-9-7-10(3-6-12(9)15)14(19)17(2)8-13(18)16-11-4-5-11/h3,6-7,11H,4-5,8,15H2,1-2H3,(H,16,18). The molecule has 1 saturated carbocycles. The van der Waals surface area contributed by atoms with E-state index in [1.165, 1.54) is 4.90 Å². The Labute approximate surface area is 112 Å². The first-order valence-corrected chi connectivity index (χ1v) is 6.38. The van der Waals surface area contributed by atoms with E-state index in [4.69, 9.17) is 5.73 Å². The van der Waals surface area contributed by atoms with Gasteiger partial charge in [0, 0.05) is 24.3 Å². The van der Waals surface area contributed by atoms with Crippen molar-refractivity contribution in [2.75, 3.05) is 19.3 Å². The van der Waals surface area contributed by atoms with Gasteiger partial charge in [0.05, 0.1) is 6.54 Å². The Balaban J connectivity index is 1.97. The van der Waals surface area contributed by atoms with Gasteiger partial charge < -0.3 is 16.0 Å². The summed E-state index contributed by atoms with van der Waals surface area (Å²) in [5.74, 6) is -0.278. The van der Waals surface area contributed by atoms with Gasteiger partial charge in [-0.15, -0.1) is 0 Å². The normalized spacial score (nSPS) is 14.0. The van der Waals surface area contributed by atoms with Gasteiger partial charge in [0.1, 0.15) is 0 Å². The van der Waals surface area contributed by atoms with Gasteiger partial charge in [-0.1, -0.05) is 0 Å². The summed E-state index contributed by atoms with van der Waals surface area (Å²) in [6, 6.07) is 5.45. The molecule has 3 N–H and O–H groups in total. The molecular formula is C14H19N3O2. The molecule has 0 radical (unpaired) electrons. The van der Waals surface area contributed by atoms with Crippen molar-refractivity contribution in [3.8, 4) is 0 Å². The third-order valence-corrected chi connectivity index (χ3v) is 3.19. The molecule has 19 heavy (non-hydrogen) atoms. The Kier molecular flexibility index (Phi) is 3.74. The van der Waals surface area contributed by atoms with Gasteiger partial charge in [0.25, 0.3) is 5.91 Å². The number of nitrogens with two attached hydrogens (primary N) is 1. The largest absolute Gasteiger partial charge is 0.399 e. The summed E-state index contributed by atoms with van der Waals surface area (Å²) in [7, 11) is 1.63. The van der Waals surface area contributed by atoms with Gasteiger partial charge in [-0.3, -0.25) is 9.59 Å². The molecule has 0 unspecified atom stereocenters. The molecule has 0 atom stereocenters. The van der Waals surface area contributed by atoms with Crippen molar-refractivity contribution in [2.24, 2.45) is 0 Å². The average Bonchev–Trinajstić information content (AvgIpc) is 3.15. The van der Waals surface area contributed by atoms with Crippen LogP contribution in [-0.4, -0.2) is 36.3 Å². The SMILES string of the molecule is Cc1cc(C(=O)N(C)CC(=O)NC2CC2)ccc1N. The van der Waals surface area contributed by atoms with E-state index >= 15 is 0 Å². The van der Waals surface area contributed by atoms with Gasteiger partial charge in [-0.25, -0.2) is 0 Å². The molecule has 1 aliphatic carbocycles. The topological polar surface area (TPSA) is 75.4 Å². The second-order valence-electron chi connectivity index (χ2n) is 5.07. The van der Waals surface area contributed by atoms with Crippen molar-refractivity contribution >= 4 is 17.5 Å². The Morgan fingerprint density at radius 3 is 2.68 bits per heavy atom. The summed E-state index contributed by atoms with van der Waals surface area (Å²) in [5, 5.41) is 2.86. The predicted molar refractivity (Wildman–Crippen MR) is 73.7 cm³/mol. The van der Waals surface area contributed by atoms with E-state index in [-0.39, 0.29) is 18.4 Å². The zero-order valence-corrected chi connectivity index (χ0v) is 11.3. The summed E-state index contributed by atoms with van der Waals surface area (Å²) in [4.78, 5) is 25.2. The molecule has 102 valence electrons. The lowest BCUT2D eigenvalue weighted by molar-refractivity contribution is -0.121. The van der Waals surface area contributed by atoms with E-state index in [1.54, 1.807) is 25.2 Å². The number of hydrogen-bond donors (Lipinski definition) is 2. The number of carbonyl (C=O) groups excluding carboxylic acids is 2. The molecule has 2 rings (SSSR count). The molecule has 1 aromatic rings. The molecule has 1 aliphatic rings. The number of carbonyl (C=O) groups is 2. The van der Waals surface area contributed by atoms with Gasteiger partial charge >= 0.3 is 0 Å². The molecule has 0 aliphatic heterocycles. The van der Waals surface area contributed by atoms with Crippen LogP contribution in [0.25, 0.3) is 0 Å². The minimum Gasteiger partial charge on any atom is -0.399 e. The molecular weight excluding hydrogens is 242 g/mol. The monoisotopic (exact) mass is 261 g/mol. The van der Waals surface area contributed by atoms with Crippen LogP contribution in [0.2, 0.25) is 0 Å². The highest BCUT2D eigenvalue weighted by Crippen LogP contribution is 2.18. The quantitative estimate of drug-likeness (QED) is 0.792. The van der Waals surface area contributed by atoms with Gasteiger partial charge in [0.2, 0.25) is 5.91 Å². The number of anilines is 1. The smallest absolute Gasteiger partial charge is 0.254 e. The van der Waals surface area contributed by atoms with Crippen LogP contribution in [0.1, 0.15) is 28.8 Å². The van der Waals surface area contributed by atoms with Crippen LogP contribution in [0.4, 0.5) is 5.69 Å². The number of nitrogens with one attached hydrogen (secondary N) is 1. The summed E-state index contributed by atoms with van der Waals surface area (Å²) in [6.45, 7) is 1.94. The Morgan fingerprint density at radius 2 is 2.11 bits per heavy atom. The van der Waals surface area contributed by atoms with Gasteiger partial charge in [-0.2, -0.15) is 0 Å². The van der Waals surface area contributed by atoms with Crippen molar-refractivity contribution in [1.82, 2.24) is 10.2 Å². The van der Waals surface area contributed by atoms with E-state index in [0.717, 1.165) is 18.4 Å². The summed E-state index contributed by atoms with van der Waals surface area (Å²) >= 11 is 0. The molecule has 5 heteroatoms. The Bertz CT molecular complexity index is 509. The second-order valence-corrected chi connectivity index (χ2v) is 5.07. The fraction of sp³-hybridized carbons (Fsp3) is 0.429. The number of rotatable bonds is 4. The van der Waals surface area contributed by atoms with E-state index in [9.17, 15) is 9.59 Å². The Hall–Kier alpha value is -2.04. The maximum atomic E-state index is 12.2. The van der Waals surface area contributed by atoms with E-state index < -0.39 is 0 Å². The molecule has 0 saturated heterocycles. The van der Waals surface area contributed by atoms with Gasteiger partial charge in [-0.05, 0) is 43.5 Å². The number of hydrogen-bond acceptors (Lipinski definition) is 3. The molecule has 0 bridgehead atoms. The third-order valence-electron chi connectivity index (χ3n) is 3.19. The third kappa shape index (κ3) is 3.47. The van der Waals surface area contributed by atoms with E-state index in [1.807, 2.05) is 6.92 Å². The Morgan fingerprint density at radius 1 is 1.42 bits per heavy atom. The minimum atomic E-state index is -0.172. The fourth-order valence-corrected chi connectivity index (χ4v) is 1.82. The summed E-state index contributed by atoms with van der Waals surface area (Å²) < 4.78 is 0. The van der Waals surface area contributed by atoms with E-state index in [0.29, 0.717) is 17.3 Å². The highest BCUT2D eigenvalue weighted by molar-refractivity contribution is 5.96. The van der Waals surface area contributed by atoms with Crippen LogP contribution < -0.4 is 11.1 Å². The zero-order chi connectivity index (χ0) is 14.0. The number of nitrogen functional groups attached to an aromatic ring is 1. The first kappa shape index (κ1) is 13.4. The molecule has 0 aromatic heterocycles. The van der Waals surface area contributed by atoms with Crippen molar-refractivity contribution in [1.29, 1.82) is 0 Å². The molecule has 1 fully saturated rings. The van der Waals surface area contributed by atoms with Crippen molar-refractivity contribution in [2.45, 2.75) is 25.8 Å². The van der Waals surface area contributed by atoms with Crippen molar-refractivity contribution in [3.63, 3.8) is 0 Å². The number of benzene rings is 1. The highest BCUT2D eigenvalue weighted by Gasteiger charge is 2.24. The number of nitrogens with zero attached hydrogens (tertiary/aromatic N) is 1. The van der Waals surface area contributed by atoms with Crippen LogP contribution in [0.15, 0.2) is 18.2 Å². The van der Waals surface area contributed by atoms with Crippen LogP contribution in [0, 0.1) is 6.92 Å². The lowest BCUT2D eigenvalue weighted by atomic mass is 10.1. The maximum absolute atomic E-state index is 12.2.